The molecule has 2 atom stereocenters. The van der Waals surface area contributed by atoms with Gasteiger partial charge in [0.1, 0.15) is 6.61 Å². The van der Waals surface area contributed by atoms with Crippen LogP contribution in [0, 0.1) is 5.92 Å². The number of nitrogens with one attached hydrogen (secondary N) is 1. The standard InChI is InChI=1S/C31H37NO6Si/c1-23(32-30(36)37-21-24-14-8-5-9-15-24)28(33)20-25(29(34)35)22-38-39(31(2,3)4,26-16-10-6-11-17-26)27-18-12-7-13-19-27/h5-19,23,25H,20-22H2,1-4H3,(H,32,36)(H,34,35)/t23-,25-/m0/s1. The lowest BCUT2D eigenvalue weighted by molar-refractivity contribution is -0.145. The Kier molecular flexibility index (Phi) is 10.2. The highest BCUT2D eigenvalue weighted by Crippen LogP contribution is 2.37. The fourth-order valence-electron chi connectivity index (χ4n) is 4.65. The predicted octanol–water partition coefficient (Wildman–Crippen LogP) is 4.54. The molecule has 0 saturated carbocycles. The van der Waals surface area contributed by atoms with Crippen LogP contribution in [0.15, 0.2) is 91.0 Å². The normalized spacial score (nSPS) is 13.2. The Morgan fingerprint density at radius 2 is 1.33 bits per heavy atom. The first kappa shape index (κ1) is 29.8. The van der Waals surface area contributed by atoms with Gasteiger partial charge in [0.15, 0.2) is 5.78 Å². The minimum absolute atomic E-state index is 0.0671. The van der Waals surface area contributed by atoms with Gasteiger partial charge in [-0.3, -0.25) is 9.59 Å². The van der Waals surface area contributed by atoms with E-state index in [0.29, 0.717) is 0 Å². The number of hydrogen-bond acceptors (Lipinski definition) is 5. The molecule has 7 nitrogen and oxygen atoms in total. The van der Waals surface area contributed by atoms with Gasteiger partial charge in [0, 0.05) is 13.0 Å². The lowest BCUT2D eigenvalue weighted by Gasteiger charge is -2.43. The molecule has 0 bridgehead atoms. The first-order chi connectivity index (χ1) is 18.5. The maximum Gasteiger partial charge on any atom is 0.408 e. The van der Waals surface area contributed by atoms with Gasteiger partial charge in [-0.2, -0.15) is 0 Å². The van der Waals surface area contributed by atoms with E-state index in [1.807, 2.05) is 91.0 Å². The van der Waals surface area contributed by atoms with Gasteiger partial charge in [-0.15, -0.1) is 0 Å². The molecule has 0 heterocycles. The number of ketones is 1. The van der Waals surface area contributed by atoms with Gasteiger partial charge in [-0.1, -0.05) is 112 Å². The molecular weight excluding hydrogens is 510 g/mol. The summed E-state index contributed by atoms with van der Waals surface area (Å²) in [6, 6.07) is 28.1. The van der Waals surface area contributed by atoms with Crippen molar-refractivity contribution in [2.75, 3.05) is 6.61 Å². The minimum atomic E-state index is -2.97. The highest BCUT2D eigenvalue weighted by Gasteiger charge is 2.50. The summed E-state index contributed by atoms with van der Waals surface area (Å²) in [4.78, 5) is 37.4. The second-order valence-corrected chi connectivity index (χ2v) is 14.9. The molecular formula is C31H37NO6Si. The number of benzene rings is 3. The smallest absolute Gasteiger partial charge is 0.408 e. The number of alkyl carbamates (subject to hydrolysis) is 1. The Labute approximate surface area is 231 Å². The van der Waals surface area contributed by atoms with Crippen LogP contribution in [0.5, 0.6) is 0 Å². The predicted molar refractivity (Wildman–Crippen MR) is 154 cm³/mol. The van der Waals surface area contributed by atoms with E-state index in [0.717, 1.165) is 15.9 Å². The third-order valence-electron chi connectivity index (χ3n) is 6.74. The third kappa shape index (κ3) is 7.65. The topological polar surface area (TPSA) is 102 Å². The molecule has 0 spiro atoms. The average Bonchev–Trinajstić information content (AvgIpc) is 2.92. The number of rotatable bonds is 12. The number of carbonyl (C=O) groups is 3. The van der Waals surface area contributed by atoms with Gasteiger partial charge in [0.2, 0.25) is 0 Å². The van der Waals surface area contributed by atoms with Crippen LogP contribution < -0.4 is 15.7 Å². The first-order valence-corrected chi connectivity index (χ1v) is 14.9. The summed E-state index contributed by atoms with van der Waals surface area (Å²) in [6.45, 7) is 7.76. The highest BCUT2D eigenvalue weighted by molar-refractivity contribution is 6.99. The van der Waals surface area contributed by atoms with Crippen LogP contribution in [0.2, 0.25) is 5.04 Å². The van der Waals surface area contributed by atoms with Crippen molar-refractivity contribution in [3.05, 3.63) is 96.6 Å². The number of Topliss-reactive ketones (excluding diaryl/α,β-unsaturated/α-hetero) is 1. The quantitative estimate of drug-likeness (QED) is 0.323. The zero-order chi connectivity index (χ0) is 28.5. The van der Waals surface area contributed by atoms with Gasteiger partial charge < -0.3 is 19.6 Å². The molecule has 8 heteroatoms. The molecule has 2 N–H and O–H groups in total. The zero-order valence-corrected chi connectivity index (χ0v) is 23.9. The van der Waals surface area contributed by atoms with E-state index in [2.05, 4.69) is 26.1 Å². The van der Waals surface area contributed by atoms with E-state index >= 15 is 0 Å². The summed E-state index contributed by atoms with van der Waals surface area (Å²) in [6.07, 6.45) is -1.02. The molecule has 3 rings (SSSR count). The van der Waals surface area contributed by atoms with Gasteiger partial charge >= 0.3 is 12.1 Å². The molecule has 3 aromatic carbocycles. The summed E-state index contributed by atoms with van der Waals surface area (Å²) < 4.78 is 11.9. The maximum absolute atomic E-state index is 13.0. The van der Waals surface area contributed by atoms with E-state index in [4.69, 9.17) is 9.16 Å². The molecule has 206 valence electrons. The minimum Gasteiger partial charge on any atom is -0.481 e. The SMILES string of the molecule is C[C@H](NC(=O)OCc1ccccc1)C(=O)C[C@@H](CO[Si](c1ccccc1)(c1ccccc1)C(C)(C)C)C(=O)O. The lowest BCUT2D eigenvalue weighted by Crippen LogP contribution is -2.67. The number of aliphatic carboxylic acids is 1. The Balaban J connectivity index is 1.73. The first-order valence-electron chi connectivity index (χ1n) is 13.0. The van der Waals surface area contributed by atoms with Crippen molar-refractivity contribution >= 4 is 36.5 Å². The summed E-state index contributed by atoms with van der Waals surface area (Å²) in [5.74, 6) is -2.62. The molecule has 39 heavy (non-hydrogen) atoms. The van der Waals surface area contributed by atoms with Crippen LogP contribution in [0.3, 0.4) is 0 Å². The number of carboxylic acid groups (broad SMARTS) is 1. The van der Waals surface area contributed by atoms with E-state index in [-0.39, 0.29) is 24.7 Å². The number of carboxylic acids is 1. The molecule has 0 aliphatic heterocycles. The molecule has 0 radical (unpaired) electrons. The molecule has 0 aliphatic carbocycles. The van der Waals surface area contributed by atoms with Crippen molar-refractivity contribution < 1.29 is 28.7 Å². The van der Waals surface area contributed by atoms with Crippen molar-refractivity contribution in [2.45, 2.75) is 51.8 Å². The summed E-state index contributed by atoms with van der Waals surface area (Å²) in [5, 5.41) is 14.2. The van der Waals surface area contributed by atoms with E-state index in [9.17, 15) is 19.5 Å². The second-order valence-electron chi connectivity index (χ2n) is 10.6. The van der Waals surface area contributed by atoms with E-state index < -0.39 is 38.1 Å². The number of amides is 1. The van der Waals surface area contributed by atoms with Gasteiger partial charge in [-0.05, 0) is 27.9 Å². The third-order valence-corrected chi connectivity index (χ3v) is 11.7. The van der Waals surface area contributed by atoms with Crippen molar-refractivity contribution in [1.29, 1.82) is 0 Å². The van der Waals surface area contributed by atoms with Gasteiger partial charge in [0.05, 0.1) is 12.0 Å². The molecule has 3 aromatic rings. The van der Waals surface area contributed by atoms with Crippen LogP contribution >= 0.6 is 0 Å². The van der Waals surface area contributed by atoms with Crippen molar-refractivity contribution in [3.63, 3.8) is 0 Å². The molecule has 0 unspecified atom stereocenters. The summed E-state index contributed by atoms with van der Waals surface area (Å²) >= 11 is 0. The Hall–Kier alpha value is -3.75. The lowest BCUT2D eigenvalue weighted by atomic mass is 10.0. The fraction of sp³-hybridized carbons (Fsp3) is 0.323. The molecule has 1 amide bonds. The fourth-order valence-corrected chi connectivity index (χ4v) is 9.25. The Morgan fingerprint density at radius 3 is 1.79 bits per heavy atom. The monoisotopic (exact) mass is 547 g/mol. The van der Waals surface area contributed by atoms with Gasteiger partial charge in [0.25, 0.3) is 8.32 Å². The van der Waals surface area contributed by atoms with Crippen molar-refractivity contribution in [3.8, 4) is 0 Å². The van der Waals surface area contributed by atoms with Crippen LogP contribution in [-0.2, 0) is 25.4 Å². The zero-order valence-electron chi connectivity index (χ0n) is 22.9. The maximum atomic E-state index is 13.0. The Bertz CT molecular complexity index is 1190. The largest absolute Gasteiger partial charge is 0.481 e. The second kappa shape index (κ2) is 13.4. The highest BCUT2D eigenvalue weighted by atomic mass is 28.4. The molecule has 0 fully saturated rings. The van der Waals surface area contributed by atoms with E-state index in [1.165, 1.54) is 6.92 Å². The van der Waals surface area contributed by atoms with Crippen LogP contribution in [0.4, 0.5) is 4.79 Å². The molecule has 0 aromatic heterocycles. The van der Waals surface area contributed by atoms with Crippen LogP contribution in [0.25, 0.3) is 0 Å². The van der Waals surface area contributed by atoms with Crippen molar-refractivity contribution in [1.82, 2.24) is 5.32 Å². The molecule has 0 saturated heterocycles. The average molecular weight is 548 g/mol. The van der Waals surface area contributed by atoms with Crippen LogP contribution in [-0.4, -0.2) is 43.9 Å². The summed E-state index contributed by atoms with van der Waals surface area (Å²) in [5.41, 5.74) is 0.818. The number of carbonyl (C=O) groups excluding carboxylic acids is 2. The van der Waals surface area contributed by atoms with Crippen LogP contribution in [0.1, 0.15) is 39.7 Å². The van der Waals surface area contributed by atoms with E-state index in [1.54, 1.807) is 0 Å². The number of hydrogen-bond donors (Lipinski definition) is 2. The van der Waals surface area contributed by atoms with Crippen molar-refractivity contribution in [2.24, 2.45) is 5.92 Å². The molecule has 0 aliphatic rings. The van der Waals surface area contributed by atoms with Gasteiger partial charge in [-0.25, -0.2) is 4.79 Å². The summed E-state index contributed by atoms with van der Waals surface area (Å²) in [7, 11) is -2.97. The number of ether oxygens (including phenoxy) is 1. The Morgan fingerprint density at radius 1 is 0.846 bits per heavy atom.